The van der Waals surface area contributed by atoms with Crippen LogP contribution in [0.2, 0.25) is 0 Å². The van der Waals surface area contributed by atoms with Crippen LogP contribution in [-0.4, -0.2) is 7.25 Å². The third-order valence-corrected chi connectivity index (χ3v) is 6.74. The van der Waals surface area contributed by atoms with Crippen molar-refractivity contribution in [3.8, 4) is 33.6 Å². The number of aryl methyl sites for hydroxylation is 2. The smallest absolute Gasteiger partial charge is 0.418 e. The summed E-state index contributed by atoms with van der Waals surface area (Å²) in [6.45, 7) is 4.26. The quantitative estimate of drug-likeness (QED) is 0.161. The third kappa shape index (κ3) is 4.41. The zero-order valence-corrected chi connectivity index (χ0v) is 19.2. The SMILES string of the molecule is C=C[n+]1c2c(c(-c3ccccc3)c3c1-c1ccccc1CC3)CCc1ccccc1-2.F[B-](F)(F)F. The van der Waals surface area contributed by atoms with Gasteiger partial charge in [0.15, 0.2) is 6.20 Å². The van der Waals surface area contributed by atoms with E-state index in [1.807, 2.05) is 6.20 Å². The van der Waals surface area contributed by atoms with Gasteiger partial charge in [0, 0.05) is 16.7 Å². The first-order valence-electron chi connectivity index (χ1n) is 11.7. The summed E-state index contributed by atoms with van der Waals surface area (Å²) in [5.41, 5.74) is 13.9. The average Bonchev–Trinajstić information content (AvgIpc) is 2.86. The summed E-state index contributed by atoms with van der Waals surface area (Å²) in [5.74, 6) is 0. The van der Waals surface area contributed by atoms with Crippen LogP contribution < -0.4 is 4.57 Å². The second-order valence-electron chi connectivity index (χ2n) is 8.76. The fourth-order valence-corrected chi connectivity index (χ4v) is 5.49. The van der Waals surface area contributed by atoms with Gasteiger partial charge < -0.3 is 17.3 Å². The molecule has 0 bridgehead atoms. The number of nitrogens with zero attached hydrogens (tertiary/aromatic N) is 1. The second kappa shape index (κ2) is 9.18. The maximum atomic E-state index is 9.75. The minimum Gasteiger partial charge on any atom is -0.418 e. The van der Waals surface area contributed by atoms with Crippen LogP contribution in [0, 0.1) is 0 Å². The lowest BCUT2D eigenvalue weighted by Crippen LogP contribution is -2.38. The van der Waals surface area contributed by atoms with Crippen molar-refractivity contribution in [2.45, 2.75) is 25.7 Å². The minimum absolute atomic E-state index is 1.07. The highest BCUT2D eigenvalue weighted by Crippen LogP contribution is 2.44. The van der Waals surface area contributed by atoms with E-state index in [1.54, 1.807) is 0 Å². The van der Waals surface area contributed by atoms with E-state index >= 15 is 0 Å². The van der Waals surface area contributed by atoms with Gasteiger partial charge in [-0.1, -0.05) is 66.7 Å². The van der Waals surface area contributed by atoms with E-state index in [0.29, 0.717) is 0 Å². The number of rotatable bonds is 2. The van der Waals surface area contributed by atoms with Crippen molar-refractivity contribution in [2.75, 3.05) is 0 Å². The number of benzene rings is 3. The van der Waals surface area contributed by atoms with Gasteiger partial charge in [-0.15, -0.1) is 0 Å². The Kier molecular flexibility index (Phi) is 6.06. The number of hydrogen-bond donors (Lipinski definition) is 0. The zero-order valence-electron chi connectivity index (χ0n) is 19.2. The summed E-state index contributed by atoms with van der Waals surface area (Å²) >= 11 is 0. The lowest BCUT2D eigenvalue weighted by molar-refractivity contribution is -0.544. The first kappa shape index (κ1) is 23.1. The molecule has 2 aliphatic rings. The molecular weight excluding hydrogens is 449 g/mol. The highest BCUT2D eigenvalue weighted by Gasteiger charge is 2.36. The van der Waals surface area contributed by atoms with Gasteiger partial charge in [-0.3, -0.25) is 0 Å². The molecule has 0 unspecified atom stereocenters. The van der Waals surface area contributed by atoms with Crippen molar-refractivity contribution >= 4 is 13.5 Å². The van der Waals surface area contributed by atoms with Gasteiger partial charge in [0.1, 0.15) is 0 Å². The van der Waals surface area contributed by atoms with Gasteiger partial charge in [0.05, 0.1) is 11.1 Å². The Balaban J connectivity index is 0.000000464. The summed E-state index contributed by atoms with van der Waals surface area (Å²) in [7, 11) is -6.00. The van der Waals surface area contributed by atoms with Gasteiger partial charge in [-0.2, -0.15) is 4.57 Å². The van der Waals surface area contributed by atoms with Crippen LogP contribution in [0.3, 0.4) is 0 Å². The zero-order chi connectivity index (χ0) is 24.6. The molecule has 176 valence electrons. The Morgan fingerprint density at radius 1 is 0.629 bits per heavy atom. The van der Waals surface area contributed by atoms with E-state index in [1.165, 1.54) is 55.9 Å². The Labute approximate surface area is 202 Å². The molecule has 6 rings (SSSR count). The Hall–Kier alpha value is -3.67. The van der Waals surface area contributed by atoms with Gasteiger partial charge in [0.25, 0.3) is 0 Å². The fourth-order valence-electron chi connectivity index (χ4n) is 5.49. The molecule has 4 aromatic rings. The second-order valence-corrected chi connectivity index (χ2v) is 8.76. The molecule has 1 nitrogen and oxygen atoms in total. The van der Waals surface area contributed by atoms with Gasteiger partial charge >= 0.3 is 7.25 Å². The standard InChI is InChI=1S/C29H24N.BF4/c1-2-30-28-23-14-8-6-10-20(23)16-18-25(28)27(22-12-4-3-5-13-22)26-19-17-21-11-7-9-15-24(21)29(26)30;2-1(3,4)5/h2-15H,1,16-19H2;/q+1;-1. The van der Waals surface area contributed by atoms with Crippen molar-refractivity contribution < 1.29 is 21.8 Å². The van der Waals surface area contributed by atoms with Crippen LogP contribution in [0.4, 0.5) is 17.3 Å². The molecule has 6 heteroatoms. The Morgan fingerprint density at radius 2 is 1.06 bits per heavy atom. The van der Waals surface area contributed by atoms with Gasteiger partial charge in [0.2, 0.25) is 11.4 Å². The third-order valence-electron chi connectivity index (χ3n) is 6.74. The molecule has 0 saturated heterocycles. The van der Waals surface area contributed by atoms with Crippen molar-refractivity contribution in [1.29, 1.82) is 0 Å². The number of hydrogen-bond acceptors (Lipinski definition) is 0. The Morgan fingerprint density at radius 3 is 1.51 bits per heavy atom. The molecule has 0 N–H and O–H groups in total. The van der Waals surface area contributed by atoms with E-state index < -0.39 is 7.25 Å². The van der Waals surface area contributed by atoms with Gasteiger partial charge in [-0.25, -0.2) is 0 Å². The maximum absolute atomic E-state index is 9.75. The van der Waals surface area contributed by atoms with E-state index in [-0.39, 0.29) is 0 Å². The number of halogens is 4. The van der Waals surface area contributed by atoms with Crippen molar-refractivity contribution in [2.24, 2.45) is 0 Å². The molecule has 0 atom stereocenters. The molecule has 0 amide bonds. The summed E-state index contributed by atoms with van der Waals surface area (Å²) in [5, 5.41) is 0. The largest absolute Gasteiger partial charge is 0.673 e. The van der Waals surface area contributed by atoms with Crippen molar-refractivity contribution in [1.82, 2.24) is 0 Å². The molecule has 0 fully saturated rings. The molecule has 35 heavy (non-hydrogen) atoms. The predicted molar refractivity (Wildman–Crippen MR) is 134 cm³/mol. The monoisotopic (exact) mass is 473 g/mol. The average molecular weight is 473 g/mol. The first-order valence-corrected chi connectivity index (χ1v) is 11.7. The van der Waals surface area contributed by atoms with E-state index in [2.05, 4.69) is 90.0 Å². The fraction of sp³-hybridized carbons (Fsp3) is 0.138. The van der Waals surface area contributed by atoms with Crippen molar-refractivity contribution in [3.05, 3.63) is 108 Å². The number of aromatic nitrogens is 1. The predicted octanol–water partition coefficient (Wildman–Crippen LogP) is 7.57. The van der Waals surface area contributed by atoms with Crippen LogP contribution in [0.1, 0.15) is 22.3 Å². The normalized spacial score (nSPS) is 13.4. The van der Waals surface area contributed by atoms with Crippen LogP contribution in [0.15, 0.2) is 85.4 Å². The minimum atomic E-state index is -6.00. The highest BCUT2D eigenvalue weighted by molar-refractivity contribution is 6.50. The van der Waals surface area contributed by atoms with Crippen LogP contribution in [0.5, 0.6) is 0 Å². The number of pyridine rings is 1. The van der Waals surface area contributed by atoms with Crippen molar-refractivity contribution in [3.63, 3.8) is 0 Å². The lowest BCUT2D eigenvalue weighted by atomic mass is 9.78. The van der Waals surface area contributed by atoms with E-state index in [4.69, 9.17) is 0 Å². The van der Waals surface area contributed by atoms with Crippen LogP contribution in [-0.2, 0) is 25.7 Å². The summed E-state index contributed by atoms with van der Waals surface area (Å²) in [4.78, 5) is 0. The molecule has 0 radical (unpaired) electrons. The Bertz CT molecular complexity index is 1330. The molecule has 0 aliphatic heterocycles. The topological polar surface area (TPSA) is 3.88 Å². The molecule has 0 spiro atoms. The maximum Gasteiger partial charge on any atom is 0.673 e. The van der Waals surface area contributed by atoms with Crippen LogP contribution in [0.25, 0.3) is 39.8 Å². The first-order chi connectivity index (χ1) is 16.9. The lowest BCUT2D eigenvalue weighted by Gasteiger charge is -2.27. The van der Waals surface area contributed by atoms with E-state index in [9.17, 15) is 17.3 Å². The van der Waals surface area contributed by atoms with Gasteiger partial charge in [-0.05, 0) is 61.1 Å². The molecular formula is C29H24BF4N. The molecule has 1 heterocycles. The molecule has 2 aliphatic carbocycles. The number of fused-ring (bicyclic) bond motifs is 6. The molecule has 0 saturated carbocycles. The molecule has 1 aromatic heterocycles. The summed E-state index contributed by atoms with van der Waals surface area (Å²) in [6.07, 6.45) is 6.35. The summed E-state index contributed by atoms with van der Waals surface area (Å²) in [6, 6.07) is 28.8. The van der Waals surface area contributed by atoms with Crippen LogP contribution >= 0.6 is 0 Å². The molecule has 3 aromatic carbocycles. The van der Waals surface area contributed by atoms with E-state index in [0.717, 1.165) is 25.7 Å². The highest BCUT2D eigenvalue weighted by atomic mass is 19.5. The summed E-state index contributed by atoms with van der Waals surface area (Å²) < 4.78 is 41.4.